The van der Waals surface area contributed by atoms with Crippen LogP contribution in [0.1, 0.15) is 12.8 Å². The standard InChI is InChI=1S/C16H17N3/c1-2-5-10(6-3-1)19-16-14-9-13(15(16)17-18-19)11-7-4-8-12(11)14/h1-6,8,11-16H,7,9H2/t11-,12-,13+,14-,15-,16+/m0/s1. The first-order valence-electron chi connectivity index (χ1n) is 7.35. The molecule has 3 aliphatic carbocycles. The molecule has 1 aromatic rings. The third-order valence-electron chi connectivity index (χ3n) is 5.66. The molecule has 5 rings (SSSR count). The lowest BCUT2D eigenvalue weighted by molar-refractivity contribution is 0.238. The number of rotatable bonds is 1. The summed E-state index contributed by atoms with van der Waals surface area (Å²) in [6.45, 7) is 0. The number of hydrogen-bond donors (Lipinski definition) is 0. The summed E-state index contributed by atoms with van der Waals surface area (Å²) in [4.78, 5) is 0. The van der Waals surface area contributed by atoms with Crippen LogP contribution in [0.25, 0.3) is 0 Å². The Morgan fingerprint density at radius 1 is 1.05 bits per heavy atom. The summed E-state index contributed by atoms with van der Waals surface area (Å²) < 4.78 is 0. The molecule has 3 nitrogen and oxygen atoms in total. The molecule has 0 unspecified atom stereocenters. The van der Waals surface area contributed by atoms with Gasteiger partial charge < -0.3 is 0 Å². The number of allylic oxidation sites excluding steroid dienone is 2. The molecule has 6 atom stereocenters. The fourth-order valence-electron chi connectivity index (χ4n) is 4.99. The Bertz CT molecular complexity index is 565. The van der Waals surface area contributed by atoms with E-state index in [-0.39, 0.29) is 0 Å². The van der Waals surface area contributed by atoms with Crippen LogP contribution in [0.15, 0.2) is 52.8 Å². The molecule has 0 spiro atoms. The molecule has 3 heteroatoms. The maximum absolute atomic E-state index is 4.62. The molecule has 0 saturated heterocycles. The molecule has 0 N–H and O–H groups in total. The van der Waals surface area contributed by atoms with Crippen LogP contribution in [0.3, 0.4) is 0 Å². The van der Waals surface area contributed by atoms with Gasteiger partial charge in [-0.25, -0.2) is 5.01 Å². The lowest BCUT2D eigenvalue weighted by Crippen LogP contribution is -2.44. The summed E-state index contributed by atoms with van der Waals surface area (Å²) in [5, 5.41) is 11.3. The molecule has 0 radical (unpaired) electrons. The molecule has 1 heterocycles. The molecule has 1 aromatic carbocycles. The summed E-state index contributed by atoms with van der Waals surface area (Å²) >= 11 is 0. The van der Waals surface area contributed by atoms with E-state index in [0.717, 1.165) is 23.7 Å². The van der Waals surface area contributed by atoms with Gasteiger partial charge in [-0.2, -0.15) is 5.11 Å². The van der Waals surface area contributed by atoms with Gasteiger partial charge in [0.2, 0.25) is 0 Å². The number of para-hydroxylation sites is 1. The predicted molar refractivity (Wildman–Crippen MR) is 73.7 cm³/mol. The van der Waals surface area contributed by atoms with Crippen molar-refractivity contribution in [1.82, 2.24) is 0 Å². The van der Waals surface area contributed by atoms with Gasteiger partial charge in [-0.3, -0.25) is 0 Å². The minimum absolute atomic E-state index is 0.450. The van der Waals surface area contributed by atoms with E-state index >= 15 is 0 Å². The van der Waals surface area contributed by atoms with Gasteiger partial charge >= 0.3 is 0 Å². The van der Waals surface area contributed by atoms with Gasteiger partial charge in [0, 0.05) is 0 Å². The van der Waals surface area contributed by atoms with E-state index in [2.05, 4.69) is 57.8 Å². The highest BCUT2D eigenvalue weighted by Gasteiger charge is 2.61. The number of benzene rings is 1. The Labute approximate surface area is 113 Å². The molecule has 2 bridgehead atoms. The minimum atomic E-state index is 0.450. The normalized spacial score (nSPS) is 44.9. The quantitative estimate of drug-likeness (QED) is 0.702. The number of fused-ring (bicyclic) bond motifs is 8. The van der Waals surface area contributed by atoms with Gasteiger partial charge in [0.1, 0.15) is 0 Å². The van der Waals surface area contributed by atoms with Gasteiger partial charge in [0.15, 0.2) is 0 Å². The Morgan fingerprint density at radius 3 is 2.84 bits per heavy atom. The van der Waals surface area contributed by atoms with Crippen LogP contribution in [0.5, 0.6) is 0 Å². The van der Waals surface area contributed by atoms with Crippen molar-refractivity contribution in [2.75, 3.05) is 5.01 Å². The average Bonchev–Trinajstić information content (AvgIpc) is 3.17. The minimum Gasteiger partial charge on any atom is -0.242 e. The van der Waals surface area contributed by atoms with Gasteiger partial charge in [0.25, 0.3) is 0 Å². The van der Waals surface area contributed by atoms with Crippen LogP contribution in [0.4, 0.5) is 5.69 Å². The number of hydrogen-bond acceptors (Lipinski definition) is 3. The zero-order valence-corrected chi connectivity index (χ0v) is 10.8. The van der Waals surface area contributed by atoms with Crippen LogP contribution in [0, 0.1) is 23.7 Å². The van der Waals surface area contributed by atoms with E-state index in [9.17, 15) is 0 Å². The molecule has 2 saturated carbocycles. The maximum atomic E-state index is 4.62. The smallest absolute Gasteiger partial charge is 0.0988 e. The second-order valence-corrected chi connectivity index (χ2v) is 6.33. The second kappa shape index (κ2) is 3.47. The van der Waals surface area contributed by atoms with Crippen molar-refractivity contribution >= 4 is 5.69 Å². The summed E-state index contributed by atoms with van der Waals surface area (Å²) in [6, 6.07) is 11.5. The highest BCUT2D eigenvalue weighted by atomic mass is 15.6. The lowest BCUT2D eigenvalue weighted by Gasteiger charge is -2.35. The van der Waals surface area contributed by atoms with Crippen molar-refractivity contribution in [3.63, 3.8) is 0 Å². The van der Waals surface area contributed by atoms with Crippen molar-refractivity contribution in [3.05, 3.63) is 42.5 Å². The van der Waals surface area contributed by atoms with Crippen molar-refractivity contribution in [3.8, 4) is 0 Å². The molecule has 2 fully saturated rings. The number of anilines is 1. The molecular formula is C16H17N3. The Kier molecular flexibility index (Phi) is 1.86. The van der Waals surface area contributed by atoms with E-state index in [1.165, 1.54) is 18.5 Å². The van der Waals surface area contributed by atoms with Gasteiger partial charge in [-0.05, 0) is 48.6 Å². The van der Waals surface area contributed by atoms with Crippen molar-refractivity contribution in [2.24, 2.45) is 34.0 Å². The van der Waals surface area contributed by atoms with Crippen LogP contribution in [-0.2, 0) is 0 Å². The van der Waals surface area contributed by atoms with Crippen LogP contribution in [-0.4, -0.2) is 12.1 Å². The van der Waals surface area contributed by atoms with E-state index in [4.69, 9.17) is 0 Å². The van der Waals surface area contributed by atoms with E-state index in [1.54, 1.807) is 0 Å². The Morgan fingerprint density at radius 2 is 1.95 bits per heavy atom. The highest BCUT2D eigenvalue weighted by molar-refractivity contribution is 5.48. The molecule has 96 valence electrons. The Balaban J connectivity index is 1.53. The molecular weight excluding hydrogens is 234 g/mol. The van der Waals surface area contributed by atoms with Crippen molar-refractivity contribution in [1.29, 1.82) is 0 Å². The maximum Gasteiger partial charge on any atom is 0.0988 e. The van der Waals surface area contributed by atoms with E-state index < -0.39 is 0 Å². The Hall–Kier alpha value is -1.64. The fraction of sp³-hybridized carbons (Fsp3) is 0.500. The third-order valence-corrected chi connectivity index (χ3v) is 5.66. The summed E-state index contributed by atoms with van der Waals surface area (Å²) in [5.74, 6) is 3.18. The largest absolute Gasteiger partial charge is 0.242 e. The molecule has 0 amide bonds. The van der Waals surface area contributed by atoms with Crippen LogP contribution >= 0.6 is 0 Å². The predicted octanol–water partition coefficient (Wildman–Crippen LogP) is 3.45. The zero-order chi connectivity index (χ0) is 12.4. The first-order valence-corrected chi connectivity index (χ1v) is 7.35. The lowest BCUT2D eigenvalue weighted by atomic mass is 9.76. The SMILES string of the molecule is C1=C[C@H]2[C@H](C1)[C@H]1C[C@@H]2[C@@H]2[C@H]1N=NN2c1ccccc1. The fourth-order valence-corrected chi connectivity index (χ4v) is 4.99. The van der Waals surface area contributed by atoms with Gasteiger partial charge in [0.05, 0.1) is 17.8 Å². The zero-order valence-electron chi connectivity index (χ0n) is 10.8. The molecule has 1 aliphatic heterocycles. The van der Waals surface area contributed by atoms with E-state index in [0.29, 0.717) is 12.1 Å². The van der Waals surface area contributed by atoms with Gasteiger partial charge in [-0.15, -0.1) is 0 Å². The average molecular weight is 251 g/mol. The molecule has 4 aliphatic rings. The van der Waals surface area contributed by atoms with Gasteiger partial charge in [-0.1, -0.05) is 35.6 Å². The summed E-state index contributed by atoms with van der Waals surface area (Å²) in [6.07, 6.45) is 7.49. The first kappa shape index (κ1) is 10.2. The van der Waals surface area contributed by atoms with Crippen molar-refractivity contribution in [2.45, 2.75) is 24.9 Å². The van der Waals surface area contributed by atoms with Crippen LogP contribution in [0.2, 0.25) is 0 Å². The topological polar surface area (TPSA) is 28.0 Å². The highest BCUT2D eigenvalue weighted by Crippen LogP contribution is 2.60. The summed E-state index contributed by atoms with van der Waals surface area (Å²) in [7, 11) is 0. The van der Waals surface area contributed by atoms with Crippen LogP contribution < -0.4 is 5.01 Å². The molecule has 0 aromatic heterocycles. The summed E-state index contributed by atoms with van der Waals surface area (Å²) in [5.41, 5.74) is 1.20. The third kappa shape index (κ3) is 1.18. The first-order chi connectivity index (χ1) is 9.43. The van der Waals surface area contributed by atoms with Crippen molar-refractivity contribution < 1.29 is 0 Å². The number of nitrogens with zero attached hydrogens (tertiary/aromatic N) is 3. The molecule has 19 heavy (non-hydrogen) atoms. The second-order valence-electron chi connectivity index (χ2n) is 6.33. The monoisotopic (exact) mass is 251 g/mol. The van der Waals surface area contributed by atoms with E-state index in [1.807, 2.05) is 0 Å².